The summed E-state index contributed by atoms with van der Waals surface area (Å²) in [5, 5.41) is 9.51. The van der Waals surface area contributed by atoms with Crippen LogP contribution in [0, 0.1) is 5.92 Å². The van der Waals surface area contributed by atoms with E-state index in [1.165, 1.54) is 6.92 Å². The molecule has 2 unspecified atom stereocenters. The highest BCUT2D eigenvalue weighted by molar-refractivity contribution is 5.92. The lowest BCUT2D eigenvalue weighted by molar-refractivity contribution is -0.113. The van der Waals surface area contributed by atoms with Crippen LogP contribution in [-0.2, 0) is 4.79 Å². The van der Waals surface area contributed by atoms with Gasteiger partial charge in [0, 0.05) is 0 Å². The predicted molar refractivity (Wildman–Crippen MR) is 49.9 cm³/mol. The number of aliphatic hydroxyl groups is 1. The molecule has 2 heteroatoms. The minimum absolute atomic E-state index is 0.0253. The molecule has 2 nitrogen and oxygen atoms in total. The van der Waals surface area contributed by atoms with Gasteiger partial charge < -0.3 is 5.11 Å². The number of carbonyl (C=O) groups excluding carboxylic acids is 1. The van der Waals surface area contributed by atoms with Gasteiger partial charge in [0.05, 0.1) is 6.10 Å². The van der Waals surface area contributed by atoms with Crippen molar-refractivity contribution in [3.63, 3.8) is 0 Å². The molecule has 0 aromatic rings. The largest absolute Gasteiger partial charge is 0.389 e. The first-order valence-electron chi connectivity index (χ1n) is 4.36. The van der Waals surface area contributed by atoms with E-state index >= 15 is 0 Å². The second kappa shape index (κ2) is 5.09. The lowest BCUT2D eigenvalue weighted by Gasteiger charge is -2.13. The Morgan fingerprint density at radius 2 is 2.00 bits per heavy atom. The van der Waals surface area contributed by atoms with Gasteiger partial charge in [0.25, 0.3) is 0 Å². The second-order valence-corrected chi connectivity index (χ2v) is 3.28. The molecule has 0 saturated heterocycles. The summed E-state index contributed by atoms with van der Waals surface area (Å²) in [5.74, 6) is 0.247. The van der Waals surface area contributed by atoms with E-state index in [4.69, 9.17) is 0 Å². The van der Waals surface area contributed by atoms with E-state index in [0.717, 1.165) is 6.42 Å². The normalized spacial score (nSPS) is 17.2. The van der Waals surface area contributed by atoms with Gasteiger partial charge in [0.2, 0.25) is 0 Å². The Balaban J connectivity index is 4.22. The molecule has 0 aromatic carbocycles. The fourth-order valence-electron chi connectivity index (χ4n) is 0.779. The number of allylic oxidation sites excluding steroid dienone is 1. The molecule has 0 aliphatic rings. The smallest absolute Gasteiger partial charge is 0.155 e. The first-order valence-corrected chi connectivity index (χ1v) is 4.36. The molecular formula is C10H18O2. The Labute approximate surface area is 74.3 Å². The van der Waals surface area contributed by atoms with Crippen LogP contribution in [-0.4, -0.2) is 17.0 Å². The molecule has 1 N–H and O–H groups in total. The minimum Gasteiger partial charge on any atom is -0.389 e. The van der Waals surface area contributed by atoms with Crippen LogP contribution in [0.2, 0.25) is 0 Å². The molecule has 0 spiro atoms. The van der Waals surface area contributed by atoms with Crippen molar-refractivity contribution in [3.05, 3.63) is 11.6 Å². The van der Waals surface area contributed by atoms with E-state index in [1.54, 1.807) is 13.0 Å². The monoisotopic (exact) mass is 170 g/mol. The number of ketones is 1. The molecule has 0 heterocycles. The average Bonchev–Trinajstić information content (AvgIpc) is 2.02. The molecule has 0 aromatic heterocycles. The predicted octanol–water partition coefficient (Wildman–Crippen LogP) is 1.93. The summed E-state index contributed by atoms with van der Waals surface area (Å²) in [7, 11) is 0. The Bertz CT molecular complexity index is 182. The molecular weight excluding hydrogens is 152 g/mol. The van der Waals surface area contributed by atoms with Crippen LogP contribution in [0.4, 0.5) is 0 Å². The third-order valence-corrected chi connectivity index (χ3v) is 2.20. The van der Waals surface area contributed by atoms with Gasteiger partial charge in [-0.3, -0.25) is 4.79 Å². The molecule has 0 aliphatic carbocycles. The quantitative estimate of drug-likeness (QED) is 0.654. The Hall–Kier alpha value is -0.630. The van der Waals surface area contributed by atoms with Crippen molar-refractivity contribution < 1.29 is 9.90 Å². The van der Waals surface area contributed by atoms with Crippen molar-refractivity contribution in [1.82, 2.24) is 0 Å². The Morgan fingerprint density at radius 1 is 1.50 bits per heavy atom. The van der Waals surface area contributed by atoms with Gasteiger partial charge in [-0.25, -0.2) is 0 Å². The van der Waals surface area contributed by atoms with E-state index in [-0.39, 0.29) is 11.7 Å². The van der Waals surface area contributed by atoms with Crippen LogP contribution in [0.15, 0.2) is 11.6 Å². The molecule has 0 aliphatic heterocycles. The van der Waals surface area contributed by atoms with Gasteiger partial charge in [-0.1, -0.05) is 20.3 Å². The van der Waals surface area contributed by atoms with Crippen molar-refractivity contribution >= 4 is 5.78 Å². The van der Waals surface area contributed by atoms with Crippen molar-refractivity contribution in [2.24, 2.45) is 5.92 Å². The van der Waals surface area contributed by atoms with Gasteiger partial charge in [0.1, 0.15) is 0 Å². The summed E-state index contributed by atoms with van der Waals surface area (Å²) < 4.78 is 0. The van der Waals surface area contributed by atoms with E-state index in [9.17, 15) is 9.90 Å². The van der Waals surface area contributed by atoms with E-state index in [0.29, 0.717) is 5.57 Å². The van der Waals surface area contributed by atoms with Crippen molar-refractivity contribution in [1.29, 1.82) is 0 Å². The summed E-state index contributed by atoms with van der Waals surface area (Å²) in [6, 6.07) is 0. The van der Waals surface area contributed by atoms with Crippen LogP contribution in [0.1, 0.15) is 34.1 Å². The maximum atomic E-state index is 10.8. The summed E-state index contributed by atoms with van der Waals surface area (Å²) in [4.78, 5) is 10.8. The standard InChI is InChI=1S/C10H18O2/c1-5-7(2)10(12)6-8(3)9(4)11/h6-7,10,12H,5H2,1-4H3/b8-6+. The molecule has 70 valence electrons. The van der Waals surface area contributed by atoms with Crippen LogP contribution >= 0.6 is 0 Å². The zero-order chi connectivity index (χ0) is 9.72. The number of aliphatic hydroxyl groups excluding tert-OH is 1. The first kappa shape index (κ1) is 11.4. The second-order valence-electron chi connectivity index (χ2n) is 3.28. The molecule has 2 atom stereocenters. The van der Waals surface area contributed by atoms with Gasteiger partial charge in [-0.2, -0.15) is 0 Å². The highest BCUT2D eigenvalue weighted by Crippen LogP contribution is 2.10. The SMILES string of the molecule is CCC(C)C(O)/C=C(\C)C(C)=O. The topological polar surface area (TPSA) is 37.3 Å². The summed E-state index contributed by atoms with van der Waals surface area (Å²) in [6.07, 6.45) is 2.07. The number of rotatable bonds is 4. The molecule has 0 fully saturated rings. The summed E-state index contributed by atoms with van der Waals surface area (Å²) in [6.45, 7) is 7.22. The molecule has 0 rings (SSSR count). The fraction of sp³-hybridized carbons (Fsp3) is 0.700. The highest BCUT2D eigenvalue weighted by atomic mass is 16.3. The van der Waals surface area contributed by atoms with Crippen LogP contribution in [0.3, 0.4) is 0 Å². The average molecular weight is 170 g/mol. The number of Topliss-reactive ketones (excluding diaryl/α,β-unsaturated/α-hetero) is 1. The third-order valence-electron chi connectivity index (χ3n) is 2.20. The van der Waals surface area contributed by atoms with E-state index < -0.39 is 6.10 Å². The van der Waals surface area contributed by atoms with E-state index in [1.807, 2.05) is 13.8 Å². The number of hydrogen-bond acceptors (Lipinski definition) is 2. The zero-order valence-electron chi connectivity index (χ0n) is 8.29. The Morgan fingerprint density at radius 3 is 2.33 bits per heavy atom. The van der Waals surface area contributed by atoms with E-state index in [2.05, 4.69) is 0 Å². The number of hydrogen-bond donors (Lipinski definition) is 1. The Kier molecular flexibility index (Phi) is 4.83. The van der Waals surface area contributed by atoms with Gasteiger partial charge in [-0.05, 0) is 31.4 Å². The molecule has 12 heavy (non-hydrogen) atoms. The lowest BCUT2D eigenvalue weighted by atomic mass is 9.99. The minimum atomic E-state index is -0.487. The molecule has 0 amide bonds. The van der Waals surface area contributed by atoms with Crippen LogP contribution in [0.25, 0.3) is 0 Å². The molecule has 0 bridgehead atoms. The van der Waals surface area contributed by atoms with Crippen molar-refractivity contribution in [2.75, 3.05) is 0 Å². The third kappa shape index (κ3) is 3.67. The van der Waals surface area contributed by atoms with Gasteiger partial charge in [-0.15, -0.1) is 0 Å². The van der Waals surface area contributed by atoms with Gasteiger partial charge >= 0.3 is 0 Å². The fourth-order valence-corrected chi connectivity index (χ4v) is 0.779. The van der Waals surface area contributed by atoms with Crippen molar-refractivity contribution in [2.45, 2.75) is 40.2 Å². The zero-order valence-corrected chi connectivity index (χ0v) is 8.29. The van der Waals surface area contributed by atoms with Crippen LogP contribution in [0.5, 0.6) is 0 Å². The first-order chi connectivity index (χ1) is 5.49. The molecule has 0 radical (unpaired) electrons. The van der Waals surface area contributed by atoms with Crippen molar-refractivity contribution in [3.8, 4) is 0 Å². The maximum Gasteiger partial charge on any atom is 0.155 e. The summed E-state index contributed by atoms with van der Waals surface area (Å²) >= 11 is 0. The molecule has 0 saturated carbocycles. The maximum absolute atomic E-state index is 10.8. The summed E-state index contributed by atoms with van der Waals surface area (Å²) in [5.41, 5.74) is 0.641. The van der Waals surface area contributed by atoms with Gasteiger partial charge in [0.15, 0.2) is 5.78 Å². The number of carbonyl (C=O) groups is 1. The van der Waals surface area contributed by atoms with Crippen LogP contribution < -0.4 is 0 Å². The lowest BCUT2D eigenvalue weighted by Crippen LogP contribution is -2.15. The highest BCUT2D eigenvalue weighted by Gasteiger charge is 2.10.